The van der Waals surface area contributed by atoms with Gasteiger partial charge in [0.1, 0.15) is 11.6 Å². The van der Waals surface area contributed by atoms with Crippen LogP contribution in [-0.4, -0.2) is 40.1 Å². The average molecular weight is 375 g/mol. The zero-order valence-corrected chi connectivity index (χ0v) is 15.1. The van der Waals surface area contributed by atoms with E-state index in [1.54, 1.807) is 17.0 Å². The van der Waals surface area contributed by atoms with Crippen molar-refractivity contribution in [2.75, 3.05) is 19.7 Å². The van der Waals surface area contributed by atoms with Crippen LogP contribution in [0.25, 0.3) is 0 Å². The highest BCUT2D eigenvalue weighted by Crippen LogP contribution is 2.20. The highest BCUT2D eigenvalue weighted by Gasteiger charge is 2.25. The zero-order chi connectivity index (χ0) is 19.4. The summed E-state index contributed by atoms with van der Waals surface area (Å²) < 4.78 is 19.8. The smallest absolute Gasteiger partial charge is 0.328 e. The van der Waals surface area contributed by atoms with Crippen molar-refractivity contribution in [1.29, 1.82) is 0 Å². The van der Waals surface area contributed by atoms with E-state index >= 15 is 0 Å². The van der Waals surface area contributed by atoms with Crippen LogP contribution in [0.15, 0.2) is 40.1 Å². The molecular formula is C19H22FN3O4. The van der Waals surface area contributed by atoms with Gasteiger partial charge in [0.05, 0.1) is 13.0 Å². The third-order valence-electron chi connectivity index (χ3n) is 4.75. The summed E-state index contributed by atoms with van der Waals surface area (Å²) in [4.78, 5) is 40.2. The summed E-state index contributed by atoms with van der Waals surface area (Å²) in [5.74, 6) is 0.101. The summed E-state index contributed by atoms with van der Waals surface area (Å²) in [5.41, 5.74) is -0.709. The number of benzene rings is 1. The molecule has 1 saturated heterocycles. The summed E-state index contributed by atoms with van der Waals surface area (Å²) in [7, 11) is 1.37. The predicted molar refractivity (Wildman–Crippen MR) is 97.2 cm³/mol. The van der Waals surface area contributed by atoms with E-state index in [9.17, 15) is 18.8 Å². The number of hydrogen-bond donors (Lipinski definition) is 1. The van der Waals surface area contributed by atoms with E-state index in [4.69, 9.17) is 4.74 Å². The van der Waals surface area contributed by atoms with Crippen LogP contribution in [0, 0.1) is 11.7 Å². The molecule has 1 N–H and O–H groups in total. The Morgan fingerprint density at radius 2 is 2.19 bits per heavy atom. The second-order valence-electron chi connectivity index (χ2n) is 6.78. The van der Waals surface area contributed by atoms with E-state index in [1.807, 2.05) is 0 Å². The van der Waals surface area contributed by atoms with Crippen molar-refractivity contribution in [2.24, 2.45) is 13.0 Å². The Hall–Kier alpha value is -2.90. The Kier molecular flexibility index (Phi) is 5.73. The number of carbonyl (C=O) groups excluding carboxylic acids is 1. The first-order chi connectivity index (χ1) is 12.9. The average Bonchev–Trinajstić information content (AvgIpc) is 2.67. The van der Waals surface area contributed by atoms with Crippen molar-refractivity contribution in [3.63, 3.8) is 0 Å². The number of nitrogens with one attached hydrogen (secondary N) is 1. The number of piperidine rings is 1. The minimum atomic E-state index is -0.510. The molecule has 0 bridgehead atoms. The van der Waals surface area contributed by atoms with Crippen LogP contribution >= 0.6 is 0 Å². The van der Waals surface area contributed by atoms with E-state index in [-0.39, 0.29) is 29.6 Å². The molecule has 8 heteroatoms. The van der Waals surface area contributed by atoms with Gasteiger partial charge in [-0.1, -0.05) is 6.07 Å². The van der Waals surface area contributed by atoms with Crippen molar-refractivity contribution in [1.82, 2.24) is 14.5 Å². The first-order valence-electron chi connectivity index (χ1n) is 8.88. The van der Waals surface area contributed by atoms with Crippen LogP contribution in [0.4, 0.5) is 4.39 Å². The fourth-order valence-corrected chi connectivity index (χ4v) is 3.21. The quantitative estimate of drug-likeness (QED) is 0.847. The third-order valence-corrected chi connectivity index (χ3v) is 4.75. The molecule has 1 aliphatic rings. The van der Waals surface area contributed by atoms with E-state index < -0.39 is 11.2 Å². The van der Waals surface area contributed by atoms with Gasteiger partial charge in [-0.25, -0.2) is 9.18 Å². The molecule has 0 aliphatic carbocycles. The normalized spacial score (nSPS) is 17.0. The van der Waals surface area contributed by atoms with Crippen LogP contribution < -0.4 is 16.0 Å². The number of hydrogen-bond acceptors (Lipinski definition) is 4. The van der Waals surface area contributed by atoms with Gasteiger partial charge in [0.15, 0.2) is 0 Å². The second-order valence-corrected chi connectivity index (χ2v) is 6.78. The number of amides is 1. The van der Waals surface area contributed by atoms with Gasteiger partial charge in [0.2, 0.25) is 5.91 Å². The highest BCUT2D eigenvalue weighted by molar-refractivity contribution is 5.78. The lowest BCUT2D eigenvalue weighted by atomic mass is 9.98. The van der Waals surface area contributed by atoms with E-state index in [1.165, 1.54) is 25.4 Å². The van der Waals surface area contributed by atoms with Gasteiger partial charge in [-0.3, -0.25) is 14.2 Å². The van der Waals surface area contributed by atoms with Crippen molar-refractivity contribution >= 4 is 5.91 Å². The fraction of sp³-hybridized carbons (Fsp3) is 0.421. The number of H-pyrrole nitrogens is 1. The predicted octanol–water partition coefficient (Wildman–Crippen LogP) is 1.07. The van der Waals surface area contributed by atoms with Crippen LogP contribution in [0.3, 0.4) is 0 Å². The minimum Gasteiger partial charge on any atom is -0.493 e. The maximum atomic E-state index is 13.2. The molecule has 1 aromatic carbocycles. The Balaban J connectivity index is 1.59. The number of aromatic nitrogens is 2. The van der Waals surface area contributed by atoms with Crippen molar-refractivity contribution in [3.8, 4) is 5.75 Å². The van der Waals surface area contributed by atoms with E-state index in [0.717, 1.165) is 17.4 Å². The summed E-state index contributed by atoms with van der Waals surface area (Å²) in [6.07, 6.45) is 3.00. The molecular weight excluding hydrogens is 353 g/mol. The lowest BCUT2D eigenvalue weighted by molar-refractivity contribution is -0.132. The van der Waals surface area contributed by atoms with Gasteiger partial charge in [0.25, 0.3) is 5.56 Å². The number of aromatic amines is 1. The molecule has 2 heterocycles. The molecule has 0 radical (unpaired) electrons. The molecule has 7 nitrogen and oxygen atoms in total. The molecule has 1 aliphatic heterocycles. The van der Waals surface area contributed by atoms with Gasteiger partial charge < -0.3 is 14.6 Å². The molecule has 1 aromatic heterocycles. The first kappa shape index (κ1) is 18.9. The van der Waals surface area contributed by atoms with Crippen LogP contribution in [0.1, 0.15) is 18.4 Å². The number of nitrogens with zero attached hydrogens (tertiary/aromatic N) is 2. The van der Waals surface area contributed by atoms with E-state index in [0.29, 0.717) is 25.4 Å². The second kappa shape index (κ2) is 8.20. The standard InChI is InChI=1S/C19H22FN3O4/c1-22-18(25)14(10-21-19(22)26)8-17(24)23-7-3-4-13(11-23)12-27-16-6-2-5-15(20)9-16/h2,5-6,9-10,13H,3-4,7-8,11-12H2,1H3,(H,21,26)/t13-/m0/s1. The van der Waals surface area contributed by atoms with Gasteiger partial charge in [-0.05, 0) is 25.0 Å². The number of rotatable bonds is 5. The van der Waals surface area contributed by atoms with Gasteiger partial charge in [0, 0.05) is 43.9 Å². The zero-order valence-electron chi connectivity index (χ0n) is 15.1. The van der Waals surface area contributed by atoms with E-state index in [2.05, 4.69) is 4.98 Å². The third kappa shape index (κ3) is 4.64. The minimum absolute atomic E-state index is 0.0546. The monoisotopic (exact) mass is 375 g/mol. The lowest BCUT2D eigenvalue weighted by Gasteiger charge is -2.32. The molecule has 1 amide bonds. The fourth-order valence-electron chi connectivity index (χ4n) is 3.21. The summed E-state index contributed by atoms with van der Waals surface area (Å²) in [6.45, 7) is 1.55. The van der Waals surface area contributed by atoms with Crippen LogP contribution in [-0.2, 0) is 18.3 Å². The molecule has 1 atom stereocenters. The summed E-state index contributed by atoms with van der Waals surface area (Å²) in [6, 6.07) is 5.97. The largest absolute Gasteiger partial charge is 0.493 e. The molecule has 1 fully saturated rings. The Morgan fingerprint density at radius 3 is 2.96 bits per heavy atom. The number of ether oxygens (including phenoxy) is 1. The summed E-state index contributed by atoms with van der Waals surface area (Å²) in [5, 5.41) is 0. The molecule has 0 spiro atoms. The topological polar surface area (TPSA) is 84.4 Å². The number of carbonyl (C=O) groups is 1. The molecule has 0 unspecified atom stereocenters. The maximum Gasteiger partial charge on any atom is 0.328 e. The number of likely N-dealkylation sites (tertiary alicyclic amines) is 1. The molecule has 27 heavy (non-hydrogen) atoms. The van der Waals surface area contributed by atoms with Crippen LogP contribution in [0.2, 0.25) is 0 Å². The Labute approximate surface area is 155 Å². The molecule has 3 rings (SSSR count). The first-order valence-corrected chi connectivity index (χ1v) is 8.88. The van der Waals surface area contributed by atoms with Crippen LogP contribution in [0.5, 0.6) is 5.75 Å². The Morgan fingerprint density at radius 1 is 1.37 bits per heavy atom. The number of halogens is 1. The molecule has 144 valence electrons. The van der Waals surface area contributed by atoms with Gasteiger partial charge in [-0.15, -0.1) is 0 Å². The SMILES string of the molecule is Cn1c(=O)[nH]cc(CC(=O)N2CCC[C@H](COc3cccc(F)c3)C2)c1=O. The highest BCUT2D eigenvalue weighted by atomic mass is 19.1. The Bertz CT molecular complexity index is 937. The van der Waals surface area contributed by atoms with Crippen molar-refractivity contribution in [2.45, 2.75) is 19.3 Å². The maximum absolute atomic E-state index is 13.2. The lowest BCUT2D eigenvalue weighted by Crippen LogP contribution is -2.43. The van der Waals surface area contributed by atoms with Crippen molar-refractivity contribution < 1.29 is 13.9 Å². The van der Waals surface area contributed by atoms with Crippen molar-refractivity contribution in [3.05, 3.63) is 62.7 Å². The molecule has 2 aromatic rings. The molecule has 0 saturated carbocycles. The van der Waals surface area contributed by atoms with Gasteiger partial charge >= 0.3 is 5.69 Å². The summed E-state index contributed by atoms with van der Waals surface area (Å²) >= 11 is 0. The van der Waals surface area contributed by atoms with Gasteiger partial charge in [-0.2, -0.15) is 0 Å².